The van der Waals surface area contributed by atoms with E-state index < -0.39 is 5.60 Å². The van der Waals surface area contributed by atoms with E-state index in [0.29, 0.717) is 51.3 Å². The van der Waals surface area contributed by atoms with Crippen molar-refractivity contribution < 1.29 is 14.6 Å². The van der Waals surface area contributed by atoms with Crippen molar-refractivity contribution in [2.45, 2.75) is 37.3 Å². The highest BCUT2D eigenvalue weighted by molar-refractivity contribution is 5.77. The standard InChI is InChI=1S/C24H32N4O4/c1-3-19(20-7-5-4-6-8-20)15-22(29)27-12-9-24(31,10-13-27)17-28-18-26-21(16-23(28)30)25-11-14-32-2/h3-8,16,18-19,25,31H,1,9-15,17H2,2H3/t19-/m1/s1. The van der Waals surface area contributed by atoms with Crippen LogP contribution < -0.4 is 10.9 Å². The fourth-order valence-corrected chi connectivity index (χ4v) is 3.92. The summed E-state index contributed by atoms with van der Waals surface area (Å²) in [4.78, 5) is 31.3. The van der Waals surface area contributed by atoms with Gasteiger partial charge in [-0.05, 0) is 18.4 Å². The molecule has 1 aliphatic heterocycles. The third-order valence-corrected chi connectivity index (χ3v) is 5.91. The lowest BCUT2D eigenvalue weighted by molar-refractivity contribution is -0.136. The number of hydrogen-bond donors (Lipinski definition) is 2. The summed E-state index contributed by atoms with van der Waals surface area (Å²) in [7, 11) is 1.60. The molecule has 0 saturated carbocycles. The molecule has 172 valence electrons. The van der Waals surface area contributed by atoms with Gasteiger partial charge in [-0.2, -0.15) is 0 Å². The van der Waals surface area contributed by atoms with Gasteiger partial charge in [0, 0.05) is 45.1 Å². The molecule has 1 saturated heterocycles. The molecule has 1 atom stereocenters. The van der Waals surface area contributed by atoms with Crippen LogP contribution in [0.5, 0.6) is 0 Å². The lowest BCUT2D eigenvalue weighted by atomic mass is 9.90. The molecular formula is C24H32N4O4. The Labute approximate surface area is 188 Å². The highest BCUT2D eigenvalue weighted by Crippen LogP contribution is 2.27. The minimum atomic E-state index is -1.05. The van der Waals surface area contributed by atoms with E-state index >= 15 is 0 Å². The second-order valence-corrected chi connectivity index (χ2v) is 8.22. The fraction of sp³-hybridized carbons (Fsp3) is 0.458. The van der Waals surface area contributed by atoms with Gasteiger partial charge in [-0.3, -0.25) is 14.2 Å². The number of rotatable bonds is 10. The van der Waals surface area contributed by atoms with Crippen molar-refractivity contribution in [3.63, 3.8) is 0 Å². The molecule has 2 N–H and O–H groups in total. The molecule has 0 aliphatic carbocycles. The molecule has 0 radical (unpaired) electrons. The molecule has 3 rings (SSSR count). The minimum Gasteiger partial charge on any atom is -0.388 e. The first-order valence-electron chi connectivity index (χ1n) is 10.9. The number of amides is 1. The molecule has 32 heavy (non-hydrogen) atoms. The van der Waals surface area contributed by atoms with Gasteiger partial charge in [0.15, 0.2) is 0 Å². The van der Waals surface area contributed by atoms with Gasteiger partial charge in [0.05, 0.1) is 25.1 Å². The van der Waals surface area contributed by atoms with E-state index in [1.165, 1.54) is 17.0 Å². The molecule has 2 aromatic rings. The Balaban J connectivity index is 1.54. The Morgan fingerprint density at radius 1 is 1.34 bits per heavy atom. The third-order valence-electron chi connectivity index (χ3n) is 5.91. The highest BCUT2D eigenvalue weighted by atomic mass is 16.5. The van der Waals surface area contributed by atoms with Gasteiger partial charge in [-0.15, -0.1) is 6.58 Å². The second-order valence-electron chi connectivity index (χ2n) is 8.22. The van der Waals surface area contributed by atoms with Crippen molar-refractivity contribution in [2.75, 3.05) is 38.7 Å². The molecule has 1 fully saturated rings. The summed E-state index contributed by atoms with van der Waals surface area (Å²) < 4.78 is 6.39. The van der Waals surface area contributed by atoms with Crippen molar-refractivity contribution in [3.8, 4) is 0 Å². The maximum Gasteiger partial charge on any atom is 0.255 e. The van der Waals surface area contributed by atoms with E-state index in [1.807, 2.05) is 30.3 Å². The molecule has 0 bridgehead atoms. The van der Waals surface area contributed by atoms with Crippen LogP contribution in [0.1, 0.15) is 30.7 Å². The van der Waals surface area contributed by atoms with E-state index in [4.69, 9.17) is 4.74 Å². The molecule has 1 aromatic carbocycles. The summed E-state index contributed by atoms with van der Waals surface area (Å²) in [5.74, 6) is 0.488. The highest BCUT2D eigenvalue weighted by Gasteiger charge is 2.35. The van der Waals surface area contributed by atoms with Crippen LogP contribution in [-0.2, 0) is 16.1 Å². The van der Waals surface area contributed by atoms with Crippen LogP contribution in [0.3, 0.4) is 0 Å². The van der Waals surface area contributed by atoms with Crippen molar-refractivity contribution in [2.24, 2.45) is 0 Å². The molecule has 8 nitrogen and oxygen atoms in total. The van der Waals surface area contributed by atoms with Gasteiger partial charge in [0.1, 0.15) is 5.82 Å². The SMILES string of the molecule is C=C[C@H](CC(=O)N1CCC(O)(Cn2cnc(NCCOC)cc2=O)CC1)c1ccccc1. The van der Waals surface area contributed by atoms with Crippen LogP contribution in [0.2, 0.25) is 0 Å². The molecule has 1 aromatic heterocycles. The Morgan fingerprint density at radius 2 is 2.06 bits per heavy atom. The summed E-state index contributed by atoms with van der Waals surface area (Å²) in [6, 6.07) is 11.3. The van der Waals surface area contributed by atoms with E-state index in [2.05, 4.69) is 16.9 Å². The number of nitrogens with one attached hydrogen (secondary N) is 1. The lowest BCUT2D eigenvalue weighted by Crippen LogP contribution is -2.49. The largest absolute Gasteiger partial charge is 0.388 e. The maximum absolute atomic E-state index is 12.8. The smallest absolute Gasteiger partial charge is 0.255 e. The number of benzene rings is 1. The molecule has 2 heterocycles. The number of methoxy groups -OCH3 is 1. The maximum atomic E-state index is 12.8. The van der Waals surface area contributed by atoms with Gasteiger partial charge in [0.25, 0.3) is 5.56 Å². The van der Waals surface area contributed by atoms with Crippen molar-refractivity contribution >= 4 is 11.7 Å². The summed E-state index contributed by atoms with van der Waals surface area (Å²) >= 11 is 0. The number of ether oxygens (including phenoxy) is 1. The number of anilines is 1. The zero-order valence-corrected chi connectivity index (χ0v) is 18.6. The first-order chi connectivity index (χ1) is 15.4. The number of carbonyl (C=O) groups excluding carboxylic acids is 1. The van der Waals surface area contributed by atoms with E-state index in [9.17, 15) is 14.7 Å². The normalized spacial score (nSPS) is 16.4. The van der Waals surface area contributed by atoms with E-state index in [0.717, 1.165) is 5.56 Å². The number of nitrogens with zero attached hydrogens (tertiary/aromatic N) is 3. The third kappa shape index (κ3) is 6.27. The Hall–Kier alpha value is -2.97. The average Bonchev–Trinajstić information content (AvgIpc) is 2.80. The summed E-state index contributed by atoms with van der Waals surface area (Å²) in [5, 5.41) is 14.0. The Kier molecular flexibility index (Phi) is 8.19. The topological polar surface area (TPSA) is 96.7 Å². The number of piperidine rings is 1. The number of likely N-dealkylation sites (tertiary alicyclic amines) is 1. The number of aliphatic hydroxyl groups is 1. The predicted molar refractivity (Wildman–Crippen MR) is 124 cm³/mol. The Bertz CT molecular complexity index is 952. The summed E-state index contributed by atoms with van der Waals surface area (Å²) in [6.07, 6.45) is 4.42. The van der Waals surface area contributed by atoms with Crippen molar-refractivity contribution in [1.82, 2.24) is 14.5 Å². The molecular weight excluding hydrogens is 408 g/mol. The predicted octanol–water partition coefficient (Wildman–Crippen LogP) is 2.01. The molecule has 8 heteroatoms. The van der Waals surface area contributed by atoms with Crippen LogP contribution in [0, 0.1) is 0 Å². The monoisotopic (exact) mass is 440 g/mol. The average molecular weight is 441 g/mol. The summed E-state index contributed by atoms with van der Waals surface area (Å²) in [6.45, 7) is 6.00. The fourth-order valence-electron chi connectivity index (χ4n) is 3.92. The van der Waals surface area contributed by atoms with Gasteiger partial charge in [0.2, 0.25) is 5.91 Å². The zero-order chi connectivity index (χ0) is 23.0. The quantitative estimate of drug-likeness (QED) is 0.433. The van der Waals surface area contributed by atoms with E-state index in [1.54, 1.807) is 18.1 Å². The molecule has 1 amide bonds. The lowest BCUT2D eigenvalue weighted by Gasteiger charge is -2.38. The number of hydrogen-bond acceptors (Lipinski definition) is 6. The van der Waals surface area contributed by atoms with Gasteiger partial charge in [-0.25, -0.2) is 4.98 Å². The van der Waals surface area contributed by atoms with Crippen molar-refractivity contribution in [3.05, 3.63) is 71.3 Å². The number of carbonyl (C=O) groups is 1. The van der Waals surface area contributed by atoms with Crippen LogP contribution >= 0.6 is 0 Å². The van der Waals surface area contributed by atoms with Gasteiger partial charge in [-0.1, -0.05) is 36.4 Å². The number of aromatic nitrogens is 2. The minimum absolute atomic E-state index is 0.0369. The van der Waals surface area contributed by atoms with Crippen molar-refractivity contribution in [1.29, 1.82) is 0 Å². The van der Waals surface area contributed by atoms with Crippen LogP contribution in [0.15, 0.2) is 60.2 Å². The van der Waals surface area contributed by atoms with Crippen LogP contribution in [-0.4, -0.2) is 64.4 Å². The summed E-state index contributed by atoms with van der Waals surface area (Å²) in [5.41, 5.74) is -0.218. The van der Waals surface area contributed by atoms with Gasteiger partial charge >= 0.3 is 0 Å². The first kappa shape index (κ1) is 23.7. The number of allylic oxidation sites excluding steroid dienone is 1. The van der Waals surface area contributed by atoms with E-state index in [-0.39, 0.29) is 23.9 Å². The molecule has 0 unspecified atom stereocenters. The van der Waals surface area contributed by atoms with Crippen LogP contribution in [0.25, 0.3) is 0 Å². The Morgan fingerprint density at radius 3 is 2.69 bits per heavy atom. The zero-order valence-electron chi connectivity index (χ0n) is 18.6. The second kappa shape index (κ2) is 11.1. The van der Waals surface area contributed by atoms with Gasteiger partial charge < -0.3 is 20.1 Å². The molecule has 1 aliphatic rings. The van der Waals surface area contributed by atoms with Crippen LogP contribution in [0.4, 0.5) is 5.82 Å². The molecule has 0 spiro atoms. The first-order valence-corrected chi connectivity index (χ1v) is 10.9.